The van der Waals surface area contributed by atoms with Crippen molar-refractivity contribution < 1.29 is 23.1 Å². The predicted octanol–water partition coefficient (Wildman–Crippen LogP) is 0.364. The van der Waals surface area contributed by atoms with Crippen LogP contribution in [0.25, 0.3) is 0 Å². The van der Waals surface area contributed by atoms with Crippen LogP contribution in [0.1, 0.15) is 33.1 Å². The van der Waals surface area contributed by atoms with Crippen LogP contribution in [0.3, 0.4) is 0 Å². The average Bonchev–Trinajstić information content (AvgIpc) is 2.38. The highest BCUT2D eigenvalue weighted by molar-refractivity contribution is 7.91. The molecule has 1 unspecified atom stereocenters. The van der Waals surface area contributed by atoms with E-state index >= 15 is 0 Å². The van der Waals surface area contributed by atoms with Crippen molar-refractivity contribution in [1.29, 1.82) is 0 Å². The average molecular weight is 306 g/mol. The van der Waals surface area contributed by atoms with Gasteiger partial charge in [-0.05, 0) is 26.2 Å². The first-order valence-corrected chi connectivity index (χ1v) is 8.49. The van der Waals surface area contributed by atoms with E-state index in [1.807, 2.05) is 0 Å². The Kier molecular flexibility index (Phi) is 5.38. The molecule has 1 heterocycles. The Bertz CT molecular complexity index is 462. The highest BCUT2D eigenvalue weighted by Gasteiger charge is 2.32. The third-order valence-electron chi connectivity index (χ3n) is 3.83. The topological polar surface area (TPSA) is 113 Å². The maximum Gasteiger partial charge on any atom is 0.315 e. The minimum absolute atomic E-state index is 0.0374. The molecule has 1 atom stereocenters. The molecular weight excluding hydrogens is 284 g/mol. The van der Waals surface area contributed by atoms with Gasteiger partial charge in [0, 0.05) is 12.6 Å². The zero-order chi connectivity index (χ0) is 15.4. The summed E-state index contributed by atoms with van der Waals surface area (Å²) < 4.78 is 22.5. The molecule has 1 saturated heterocycles. The van der Waals surface area contributed by atoms with E-state index in [0.29, 0.717) is 19.3 Å². The number of nitrogens with one attached hydrogen (secondary N) is 2. The van der Waals surface area contributed by atoms with Crippen LogP contribution in [0.15, 0.2) is 0 Å². The lowest BCUT2D eigenvalue weighted by Gasteiger charge is -2.26. The molecule has 0 aromatic heterocycles. The molecule has 0 spiro atoms. The summed E-state index contributed by atoms with van der Waals surface area (Å²) in [4.78, 5) is 22.8. The summed E-state index contributed by atoms with van der Waals surface area (Å²) >= 11 is 0. The van der Waals surface area contributed by atoms with Crippen molar-refractivity contribution >= 4 is 21.8 Å². The number of carboxylic acid groups (broad SMARTS) is 1. The molecule has 1 fully saturated rings. The summed E-state index contributed by atoms with van der Waals surface area (Å²) in [7, 11) is -2.95. The summed E-state index contributed by atoms with van der Waals surface area (Å²) in [5, 5.41) is 14.3. The number of carboxylic acids is 1. The molecule has 0 aliphatic carbocycles. The number of carbonyl (C=O) groups excluding carboxylic acids is 1. The largest absolute Gasteiger partial charge is 0.481 e. The molecule has 0 bridgehead atoms. The van der Waals surface area contributed by atoms with Crippen molar-refractivity contribution in [1.82, 2.24) is 10.6 Å². The van der Waals surface area contributed by atoms with Crippen LogP contribution in [0.5, 0.6) is 0 Å². The molecule has 20 heavy (non-hydrogen) atoms. The minimum atomic E-state index is -2.95. The Labute approximate surface area is 119 Å². The molecule has 1 aliphatic heterocycles. The summed E-state index contributed by atoms with van der Waals surface area (Å²) in [5.74, 6) is -0.788. The van der Waals surface area contributed by atoms with E-state index in [2.05, 4.69) is 10.6 Å². The number of amides is 2. The fourth-order valence-corrected chi connectivity index (χ4v) is 3.39. The van der Waals surface area contributed by atoms with Crippen molar-refractivity contribution in [2.75, 3.05) is 18.1 Å². The van der Waals surface area contributed by atoms with Gasteiger partial charge in [0.2, 0.25) is 0 Å². The molecule has 0 aromatic rings. The summed E-state index contributed by atoms with van der Waals surface area (Å²) in [6.07, 6.45) is 1.21. The van der Waals surface area contributed by atoms with E-state index in [1.54, 1.807) is 13.8 Å². The molecular formula is C12H22N2O5S. The van der Waals surface area contributed by atoms with Gasteiger partial charge in [-0.1, -0.05) is 6.92 Å². The Morgan fingerprint density at radius 1 is 1.30 bits per heavy atom. The van der Waals surface area contributed by atoms with Gasteiger partial charge in [-0.2, -0.15) is 0 Å². The van der Waals surface area contributed by atoms with E-state index < -0.39 is 27.3 Å². The van der Waals surface area contributed by atoms with Crippen molar-refractivity contribution in [2.24, 2.45) is 5.41 Å². The van der Waals surface area contributed by atoms with Gasteiger partial charge in [-0.3, -0.25) is 4.79 Å². The molecule has 0 saturated carbocycles. The fourth-order valence-electron chi connectivity index (χ4n) is 1.90. The standard InChI is InChI=1S/C12H22N2O5S/c1-3-12(2,10(15)16)8-13-11(17)14-9-4-6-20(18,19)7-5-9/h9H,3-8H2,1-2H3,(H,15,16)(H2,13,14,17). The second-order valence-electron chi connectivity index (χ2n) is 5.47. The maximum absolute atomic E-state index is 11.7. The van der Waals surface area contributed by atoms with Gasteiger partial charge in [-0.15, -0.1) is 0 Å². The first kappa shape index (κ1) is 16.7. The number of urea groups is 1. The Hall–Kier alpha value is -1.31. The number of carbonyl (C=O) groups is 2. The normalized spacial score (nSPS) is 21.7. The van der Waals surface area contributed by atoms with Crippen LogP contribution >= 0.6 is 0 Å². The van der Waals surface area contributed by atoms with Gasteiger partial charge in [0.25, 0.3) is 0 Å². The molecule has 0 radical (unpaired) electrons. The smallest absolute Gasteiger partial charge is 0.315 e. The monoisotopic (exact) mass is 306 g/mol. The Balaban J connectivity index is 2.40. The molecule has 1 rings (SSSR count). The van der Waals surface area contributed by atoms with Gasteiger partial charge >= 0.3 is 12.0 Å². The number of rotatable bonds is 5. The molecule has 8 heteroatoms. The van der Waals surface area contributed by atoms with Gasteiger partial charge in [-0.25, -0.2) is 13.2 Å². The quantitative estimate of drug-likeness (QED) is 0.679. The third kappa shape index (κ3) is 4.66. The predicted molar refractivity (Wildman–Crippen MR) is 74.2 cm³/mol. The second kappa shape index (κ2) is 6.43. The molecule has 116 valence electrons. The highest BCUT2D eigenvalue weighted by atomic mass is 32.2. The van der Waals surface area contributed by atoms with E-state index in [-0.39, 0.29) is 24.1 Å². The van der Waals surface area contributed by atoms with Gasteiger partial charge < -0.3 is 15.7 Å². The van der Waals surface area contributed by atoms with Crippen LogP contribution in [-0.2, 0) is 14.6 Å². The summed E-state index contributed by atoms with van der Waals surface area (Å²) in [6.45, 7) is 3.36. The van der Waals surface area contributed by atoms with E-state index in [4.69, 9.17) is 5.11 Å². The first-order chi connectivity index (χ1) is 9.18. The Morgan fingerprint density at radius 3 is 2.30 bits per heavy atom. The zero-order valence-corrected chi connectivity index (χ0v) is 12.6. The fraction of sp³-hybridized carbons (Fsp3) is 0.833. The number of sulfone groups is 1. The van der Waals surface area contributed by atoms with E-state index in [0.717, 1.165) is 0 Å². The molecule has 2 amide bonds. The van der Waals surface area contributed by atoms with Gasteiger partial charge in [0.15, 0.2) is 0 Å². The van der Waals surface area contributed by atoms with Crippen LogP contribution in [0.2, 0.25) is 0 Å². The lowest BCUT2D eigenvalue weighted by Crippen LogP contribution is -2.49. The maximum atomic E-state index is 11.7. The number of hydrogen-bond acceptors (Lipinski definition) is 4. The third-order valence-corrected chi connectivity index (χ3v) is 5.54. The van der Waals surface area contributed by atoms with Gasteiger partial charge in [0.1, 0.15) is 9.84 Å². The van der Waals surface area contributed by atoms with E-state index in [9.17, 15) is 18.0 Å². The van der Waals surface area contributed by atoms with Gasteiger partial charge in [0.05, 0.1) is 16.9 Å². The first-order valence-electron chi connectivity index (χ1n) is 6.67. The van der Waals surface area contributed by atoms with Crippen LogP contribution in [0, 0.1) is 5.41 Å². The number of hydrogen-bond donors (Lipinski definition) is 3. The van der Waals surface area contributed by atoms with Crippen LogP contribution in [0.4, 0.5) is 4.79 Å². The van der Waals surface area contributed by atoms with Crippen molar-refractivity contribution in [3.05, 3.63) is 0 Å². The zero-order valence-electron chi connectivity index (χ0n) is 11.8. The second-order valence-corrected chi connectivity index (χ2v) is 7.78. The molecule has 7 nitrogen and oxygen atoms in total. The summed E-state index contributed by atoms with van der Waals surface area (Å²) in [6, 6.07) is -0.619. The van der Waals surface area contributed by atoms with Crippen molar-refractivity contribution in [2.45, 2.75) is 39.2 Å². The molecule has 0 aromatic carbocycles. The van der Waals surface area contributed by atoms with Crippen LogP contribution in [-0.4, -0.2) is 49.6 Å². The lowest BCUT2D eigenvalue weighted by molar-refractivity contribution is -0.147. The van der Waals surface area contributed by atoms with Crippen molar-refractivity contribution in [3.63, 3.8) is 0 Å². The molecule has 1 aliphatic rings. The van der Waals surface area contributed by atoms with Crippen molar-refractivity contribution in [3.8, 4) is 0 Å². The minimum Gasteiger partial charge on any atom is -0.481 e. The number of aliphatic carboxylic acids is 1. The highest BCUT2D eigenvalue weighted by Crippen LogP contribution is 2.19. The molecule has 3 N–H and O–H groups in total. The van der Waals surface area contributed by atoms with E-state index in [1.165, 1.54) is 0 Å². The lowest BCUT2D eigenvalue weighted by atomic mass is 9.88. The Morgan fingerprint density at radius 2 is 1.85 bits per heavy atom. The summed E-state index contributed by atoms with van der Waals surface area (Å²) in [5.41, 5.74) is -0.993. The van der Waals surface area contributed by atoms with Crippen LogP contribution < -0.4 is 10.6 Å². The SMILES string of the molecule is CCC(C)(CNC(=O)NC1CCS(=O)(=O)CC1)C(=O)O.